The van der Waals surface area contributed by atoms with Gasteiger partial charge in [0.15, 0.2) is 0 Å². The van der Waals surface area contributed by atoms with Crippen LogP contribution in [0.15, 0.2) is 12.3 Å². The molecule has 1 aromatic heterocycles. The van der Waals surface area contributed by atoms with E-state index in [0.717, 1.165) is 0 Å². The van der Waals surface area contributed by atoms with Crippen molar-refractivity contribution in [1.29, 1.82) is 0 Å². The maximum atomic E-state index is 11.4. The zero-order chi connectivity index (χ0) is 11.4. The maximum absolute atomic E-state index is 11.4. The molecule has 6 nitrogen and oxygen atoms in total. The molecule has 0 atom stereocenters. The SMILES string of the molecule is NC(=O)CNC(=O)c1cc(N)ncc1Cl. The van der Waals surface area contributed by atoms with E-state index in [1.54, 1.807) is 0 Å². The molecule has 0 bridgehead atoms. The first-order valence-corrected chi connectivity index (χ1v) is 4.36. The van der Waals surface area contributed by atoms with Gasteiger partial charge in [0.1, 0.15) is 5.82 Å². The number of halogens is 1. The van der Waals surface area contributed by atoms with Crippen LogP contribution in [0.3, 0.4) is 0 Å². The molecule has 7 heteroatoms. The van der Waals surface area contributed by atoms with Gasteiger partial charge in [0.25, 0.3) is 5.91 Å². The minimum Gasteiger partial charge on any atom is -0.384 e. The van der Waals surface area contributed by atoms with Crippen molar-refractivity contribution >= 4 is 29.2 Å². The van der Waals surface area contributed by atoms with Crippen LogP contribution in [0.2, 0.25) is 5.02 Å². The largest absolute Gasteiger partial charge is 0.384 e. The molecule has 15 heavy (non-hydrogen) atoms. The predicted molar refractivity (Wildman–Crippen MR) is 55.2 cm³/mol. The van der Waals surface area contributed by atoms with Crippen molar-refractivity contribution in [3.05, 3.63) is 22.8 Å². The van der Waals surface area contributed by atoms with Crippen LogP contribution in [0, 0.1) is 0 Å². The van der Waals surface area contributed by atoms with Crippen LogP contribution < -0.4 is 16.8 Å². The smallest absolute Gasteiger partial charge is 0.253 e. The molecule has 0 aromatic carbocycles. The zero-order valence-corrected chi connectivity index (χ0v) is 8.41. The number of anilines is 1. The quantitative estimate of drug-likeness (QED) is 0.650. The maximum Gasteiger partial charge on any atom is 0.253 e. The molecule has 1 rings (SSSR count). The van der Waals surface area contributed by atoms with Crippen molar-refractivity contribution in [2.45, 2.75) is 0 Å². The Labute approximate surface area is 90.6 Å². The van der Waals surface area contributed by atoms with Gasteiger partial charge in [-0.05, 0) is 6.07 Å². The summed E-state index contributed by atoms with van der Waals surface area (Å²) in [7, 11) is 0. The van der Waals surface area contributed by atoms with Gasteiger partial charge in [-0.1, -0.05) is 11.6 Å². The first kappa shape index (κ1) is 11.3. The summed E-state index contributed by atoms with van der Waals surface area (Å²) >= 11 is 5.71. The Hall–Kier alpha value is -1.82. The van der Waals surface area contributed by atoms with Gasteiger partial charge in [-0.15, -0.1) is 0 Å². The van der Waals surface area contributed by atoms with E-state index in [2.05, 4.69) is 10.3 Å². The average Bonchev–Trinajstić information content (AvgIpc) is 2.18. The van der Waals surface area contributed by atoms with E-state index >= 15 is 0 Å². The highest BCUT2D eigenvalue weighted by Gasteiger charge is 2.11. The molecule has 0 radical (unpaired) electrons. The Kier molecular flexibility index (Phi) is 3.46. The van der Waals surface area contributed by atoms with Gasteiger partial charge in [0, 0.05) is 6.20 Å². The Balaban J connectivity index is 2.81. The Morgan fingerprint density at radius 1 is 1.53 bits per heavy atom. The minimum absolute atomic E-state index is 0.158. The van der Waals surface area contributed by atoms with Gasteiger partial charge >= 0.3 is 0 Å². The summed E-state index contributed by atoms with van der Waals surface area (Å²) in [6, 6.07) is 1.32. The second-order valence-electron chi connectivity index (χ2n) is 2.74. The standard InChI is InChI=1S/C8H9ClN4O2/c9-5-2-12-6(10)1-4(5)8(15)13-3-7(11)14/h1-2H,3H2,(H2,10,12)(H2,11,14)(H,13,15). The van der Waals surface area contributed by atoms with E-state index in [1.165, 1.54) is 12.3 Å². The van der Waals surface area contributed by atoms with Crippen molar-refractivity contribution in [2.75, 3.05) is 12.3 Å². The molecular weight excluding hydrogens is 220 g/mol. The van der Waals surface area contributed by atoms with Gasteiger partial charge in [0.05, 0.1) is 17.1 Å². The van der Waals surface area contributed by atoms with Crippen LogP contribution in [-0.4, -0.2) is 23.3 Å². The topological polar surface area (TPSA) is 111 Å². The lowest BCUT2D eigenvalue weighted by molar-refractivity contribution is -0.117. The number of nitrogens with zero attached hydrogens (tertiary/aromatic N) is 1. The number of carbonyl (C=O) groups excluding carboxylic acids is 2. The number of pyridine rings is 1. The molecule has 1 aromatic rings. The summed E-state index contributed by atoms with van der Waals surface area (Å²) < 4.78 is 0. The number of hydrogen-bond donors (Lipinski definition) is 3. The number of amides is 2. The van der Waals surface area contributed by atoms with Crippen LogP contribution in [0.1, 0.15) is 10.4 Å². The molecule has 2 amide bonds. The van der Waals surface area contributed by atoms with Gasteiger partial charge in [-0.2, -0.15) is 0 Å². The third-order valence-electron chi connectivity index (χ3n) is 1.54. The van der Waals surface area contributed by atoms with Gasteiger partial charge in [-0.25, -0.2) is 4.98 Å². The van der Waals surface area contributed by atoms with E-state index in [1.807, 2.05) is 0 Å². The van der Waals surface area contributed by atoms with Crippen LogP contribution in [0.5, 0.6) is 0 Å². The van der Waals surface area contributed by atoms with Gasteiger partial charge in [0.2, 0.25) is 5.91 Å². The summed E-state index contributed by atoms with van der Waals surface area (Å²) in [4.78, 5) is 25.6. The Bertz CT molecular complexity index is 408. The summed E-state index contributed by atoms with van der Waals surface area (Å²) in [6.45, 7) is -0.253. The monoisotopic (exact) mass is 228 g/mol. The normalized spacial score (nSPS) is 9.67. The molecule has 0 aliphatic carbocycles. The van der Waals surface area contributed by atoms with E-state index < -0.39 is 11.8 Å². The van der Waals surface area contributed by atoms with Crippen molar-refractivity contribution < 1.29 is 9.59 Å². The molecule has 0 aliphatic heterocycles. The Morgan fingerprint density at radius 3 is 2.80 bits per heavy atom. The summed E-state index contributed by atoms with van der Waals surface area (Å²) in [6.07, 6.45) is 1.26. The fourth-order valence-corrected chi connectivity index (χ4v) is 1.08. The van der Waals surface area contributed by atoms with E-state index in [0.29, 0.717) is 0 Å². The van der Waals surface area contributed by atoms with E-state index in [9.17, 15) is 9.59 Å². The number of nitrogen functional groups attached to an aromatic ring is 1. The predicted octanol–water partition coefficient (Wildman–Crippen LogP) is -0.468. The highest BCUT2D eigenvalue weighted by atomic mass is 35.5. The number of carbonyl (C=O) groups is 2. The number of hydrogen-bond acceptors (Lipinski definition) is 4. The third-order valence-corrected chi connectivity index (χ3v) is 1.85. The fourth-order valence-electron chi connectivity index (χ4n) is 0.891. The number of nitrogens with two attached hydrogens (primary N) is 2. The van der Waals surface area contributed by atoms with E-state index in [4.69, 9.17) is 23.1 Å². The van der Waals surface area contributed by atoms with Crippen LogP contribution in [0.25, 0.3) is 0 Å². The molecular formula is C8H9ClN4O2. The molecule has 1 heterocycles. The zero-order valence-electron chi connectivity index (χ0n) is 7.66. The lowest BCUT2D eigenvalue weighted by Gasteiger charge is -2.04. The molecule has 0 saturated carbocycles. The van der Waals surface area contributed by atoms with E-state index in [-0.39, 0.29) is 22.9 Å². The highest BCUT2D eigenvalue weighted by Crippen LogP contribution is 2.15. The number of aromatic nitrogens is 1. The summed E-state index contributed by atoms with van der Waals surface area (Å²) in [5.74, 6) is -0.988. The number of rotatable bonds is 3. The lowest BCUT2D eigenvalue weighted by Crippen LogP contribution is -2.33. The Morgan fingerprint density at radius 2 is 2.20 bits per heavy atom. The second kappa shape index (κ2) is 4.61. The van der Waals surface area contributed by atoms with Crippen molar-refractivity contribution in [3.63, 3.8) is 0 Å². The van der Waals surface area contributed by atoms with Crippen LogP contribution >= 0.6 is 11.6 Å². The molecule has 0 aliphatic rings. The average molecular weight is 229 g/mol. The molecule has 80 valence electrons. The first-order valence-electron chi connectivity index (χ1n) is 3.98. The molecule has 5 N–H and O–H groups in total. The lowest BCUT2D eigenvalue weighted by atomic mass is 10.2. The second-order valence-corrected chi connectivity index (χ2v) is 3.15. The summed E-state index contributed by atoms with van der Waals surface area (Å²) in [5.41, 5.74) is 10.4. The van der Waals surface area contributed by atoms with Crippen LogP contribution in [0.4, 0.5) is 5.82 Å². The minimum atomic E-state index is -0.637. The summed E-state index contributed by atoms with van der Waals surface area (Å²) in [5, 5.41) is 2.44. The van der Waals surface area contributed by atoms with Crippen molar-refractivity contribution in [1.82, 2.24) is 10.3 Å². The first-order chi connectivity index (χ1) is 7.00. The third kappa shape index (κ3) is 3.10. The number of primary amides is 1. The van der Waals surface area contributed by atoms with Gasteiger partial charge < -0.3 is 16.8 Å². The van der Waals surface area contributed by atoms with Gasteiger partial charge in [-0.3, -0.25) is 9.59 Å². The fraction of sp³-hybridized carbons (Fsp3) is 0.125. The van der Waals surface area contributed by atoms with Crippen molar-refractivity contribution in [2.24, 2.45) is 5.73 Å². The van der Waals surface area contributed by atoms with Crippen LogP contribution in [-0.2, 0) is 4.79 Å². The molecule has 0 fully saturated rings. The van der Waals surface area contributed by atoms with Crippen molar-refractivity contribution in [3.8, 4) is 0 Å². The number of nitrogens with one attached hydrogen (secondary N) is 1. The molecule has 0 spiro atoms. The molecule has 0 unspecified atom stereocenters. The highest BCUT2D eigenvalue weighted by molar-refractivity contribution is 6.33. The molecule has 0 saturated heterocycles.